The number of phenolic OH excluding ortho intramolecular Hbond substituents is 1. The number of rotatable bonds is 4. The summed E-state index contributed by atoms with van der Waals surface area (Å²) in [6.45, 7) is 0. The van der Waals surface area contributed by atoms with E-state index >= 15 is 0 Å². The number of nitrogens with zero attached hydrogens (tertiary/aromatic N) is 2. The van der Waals surface area contributed by atoms with Gasteiger partial charge < -0.3 is 19.7 Å². The zero-order chi connectivity index (χ0) is 17.1. The number of phenols is 1. The highest BCUT2D eigenvalue weighted by Gasteiger charge is 2.07. The highest BCUT2D eigenvalue weighted by atomic mass is 16.5. The van der Waals surface area contributed by atoms with Gasteiger partial charge in [-0.05, 0) is 35.9 Å². The summed E-state index contributed by atoms with van der Waals surface area (Å²) in [5, 5.41) is 12.6. The van der Waals surface area contributed by atoms with E-state index in [1.54, 1.807) is 30.6 Å². The topological polar surface area (TPSA) is 76.4 Å². The molecule has 0 aliphatic carbocycles. The number of fused-ring (bicyclic) bond motifs is 1. The van der Waals surface area contributed by atoms with E-state index in [0.29, 0.717) is 17.0 Å². The van der Waals surface area contributed by atoms with Crippen molar-refractivity contribution in [3.63, 3.8) is 0 Å². The molecule has 24 heavy (non-hydrogen) atoms. The second-order valence-electron chi connectivity index (χ2n) is 5.28. The fraction of sp³-hybridized carbons (Fsp3) is 0.111. The molecule has 0 fully saturated rings. The average molecular weight is 323 g/mol. The molecule has 2 aromatic carbocycles. The molecule has 6 heteroatoms. The molecule has 0 atom stereocenters. The highest BCUT2D eigenvalue weighted by molar-refractivity contribution is 6.06. The first-order chi connectivity index (χ1) is 11.6. The number of para-hydroxylation sites is 1. The Balaban J connectivity index is 1.76. The number of carbonyl (C=O) groups excluding carboxylic acids is 1. The summed E-state index contributed by atoms with van der Waals surface area (Å²) in [7, 11) is 3.38. The monoisotopic (exact) mass is 323 g/mol. The number of anilines is 1. The third kappa shape index (κ3) is 3.08. The standard InChI is InChI=1S/C18H17N3O3/c1-21-11-19-18-13(4-3-5-14(18)21)20-17(23)9-7-12-6-8-16(24-2)15(22)10-12/h3-11,22H,1-2H3,(H,20,23). The van der Waals surface area contributed by atoms with Gasteiger partial charge >= 0.3 is 0 Å². The number of carbonyl (C=O) groups is 1. The van der Waals surface area contributed by atoms with E-state index in [9.17, 15) is 9.90 Å². The van der Waals surface area contributed by atoms with E-state index in [0.717, 1.165) is 11.0 Å². The molecule has 0 saturated heterocycles. The van der Waals surface area contributed by atoms with Crippen molar-refractivity contribution in [1.29, 1.82) is 0 Å². The summed E-state index contributed by atoms with van der Waals surface area (Å²) < 4.78 is 6.87. The van der Waals surface area contributed by atoms with Gasteiger partial charge in [0.05, 0.1) is 24.6 Å². The lowest BCUT2D eigenvalue weighted by molar-refractivity contribution is -0.111. The van der Waals surface area contributed by atoms with Crippen LogP contribution >= 0.6 is 0 Å². The van der Waals surface area contributed by atoms with Gasteiger partial charge in [0.15, 0.2) is 11.5 Å². The Morgan fingerprint density at radius 1 is 1.33 bits per heavy atom. The summed E-state index contributed by atoms with van der Waals surface area (Å²) in [6, 6.07) is 10.5. The van der Waals surface area contributed by atoms with Crippen LogP contribution in [-0.4, -0.2) is 27.7 Å². The normalized spacial score (nSPS) is 11.1. The number of hydrogen-bond acceptors (Lipinski definition) is 4. The number of amides is 1. The van der Waals surface area contributed by atoms with Crippen molar-refractivity contribution in [3.05, 3.63) is 54.4 Å². The molecule has 6 nitrogen and oxygen atoms in total. The molecule has 0 radical (unpaired) electrons. The molecule has 0 bridgehead atoms. The first kappa shape index (κ1) is 15.6. The zero-order valence-corrected chi connectivity index (χ0v) is 13.4. The van der Waals surface area contributed by atoms with Crippen molar-refractivity contribution in [3.8, 4) is 11.5 Å². The number of aromatic hydroxyl groups is 1. The van der Waals surface area contributed by atoms with Crippen LogP contribution in [-0.2, 0) is 11.8 Å². The van der Waals surface area contributed by atoms with Crippen molar-refractivity contribution in [1.82, 2.24) is 9.55 Å². The third-order valence-electron chi connectivity index (χ3n) is 3.64. The number of benzene rings is 2. The van der Waals surface area contributed by atoms with E-state index in [-0.39, 0.29) is 11.7 Å². The Morgan fingerprint density at radius 2 is 2.17 bits per heavy atom. The summed E-state index contributed by atoms with van der Waals surface area (Å²) in [4.78, 5) is 16.4. The maximum Gasteiger partial charge on any atom is 0.248 e. The number of imidazole rings is 1. The van der Waals surface area contributed by atoms with Crippen molar-refractivity contribution in [2.45, 2.75) is 0 Å². The molecule has 0 spiro atoms. The van der Waals surface area contributed by atoms with E-state index in [1.807, 2.05) is 23.7 Å². The van der Waals surface area contributed by atoms with E-state index in [1.165, 1.54) is 19.3 Å². The maximum absolute atomic E-state index is 12.1. The molecular weight excluding hydrogens is 306 g/mol. The lowest BCUT2D eigenvalue weighted by Crippen LogP contribution is -2.08. The molecule has 1 heterocycles. The van der Waals surface area contributed by atoms with Gasteiger partial charge in [-0.1, -0.05) is 12.1 Å². The van der Waals surface area contributed by atoms with Crippen LogP contribution in [0.25, 0.3) is 17.1 Å². The predicted molar refractivity (Wildman–Crippen MR) is 93.0 cm³/mol. The van der Waals surface area contributed by atoms with Gasteiger partial charge in [0.25, 0.3) is 0 Å². The van der Waals surface area contributed by atoms with Gasteiger partial charge in [-0.25, -0.2) is 4.98 Å². The minimum absolute atomic E-state index is 0.0262. The van der Waals surface area contributed by atoms with Crippen LogP contribution < -0.4 is 10.1 Å². The Labute approximate surface area is 139 Å². The fourth-order valence-corrected chi connectivity index (χ4v) is 2.42. The number of nitrogens with one attached hydrogen (secondary N) is 1. The van der Waals surface area contributed by atoms with Crippen molar-refractivity contribution in [2.24, 2.45) is 7.05 Å². The van der Waals surface area contributed by atoms with Crippen LogP contribution in [0.4, 0.5) is 5.69 Å². The Hall–Kier alpha value is -3.28. The van der Waals surface area contributed by atoms with Crippen molar-refractivity contribution in [2.75, 3.05) is 12.4 Å². The zero-order valence-electron chi connectivity index (χ0n) is 13.4. The van der Waals surface area contributed by atoms with E-state index in [4.69, 9.17) is 4.74 Å². The second kappa shape index (κ2) is 6.45. The molecule has 2 N–H and O–H groups in total. The van der Waals surface area contributed by atoms with Crippen LogP contribution in [0.15, 0.2) is 48.8 Å². The van der Waals surface area contributed by atoms with E-state index < -0.39 is 0 Å². The van der Waals surface area contributed by atoms with Crippen LogP contribution in [0.5, 0.6) is 11.5 Å². The molecule has 0 unspecified atom stereocenters. The van der Waals surface area contributed by atoms with Gasteiger partial charge in [0.2, 0.25) is 5.91 Å². The lowest BCUT2D eigenvalue weighted by Gasteiger charge is -2.04. The first-order valence-electron chi connectivity index (χ1n) is 7.34. The quantitative estimate of drug-likeness (QED) is 0.724. The molecule has 122 valence electrons. The number of methoxy groups -OCH3 is 1. The summed E-state index contributed by atoms with van der Waals surface area (Å²) in [5.41, 5.74) is 3.03. The minimum Gasteiger partial charge on any atom is -0.504 e. The summed E-state index contributed by atoms with van der Waals surface area (Å²) >= 11 is 0. The highest BCUT2D eigenvalue weighted by Crippen LogP contribution is 2.26. The summed E-state index contributed by atoms with van der Waals surface area (Å²) in [6.07, 6.45) is 4.73. The van der Waals surface area contributed by atoms with Gasteiger partial charge in [-0.3, -0.25) is 4.79 Å². The van der Waals surface area contributed by atoms with E-state index in [2.05, 4.69) is 10.3 Å². The van der Waals surface area contributed by atoms with Crippen molar-refractivity contribution >= 4 is 28.7 Å². The van der Waals surface area contributed by atoms with Gasteiger partial charge in [-0.2, -0.15) is 0 Å². The minimum atomic E-state index is -0.275. The lowest BCUT2D eigenvalue weighted by atomic mass is 10.2. The number of aryl methyl sites for hydroxylation is 1. The third-order valence-corrected chi connectivity index (χ3v) is 3.64. The molecule has 0 aliphatic rings. The molecule has 3 rings (SSSR count). The Morgan fingerprint density at radius 3 is 2.92 bits per heavy atom. The molecule has 0 aliphatic heterocycles. The predicted octanol–water partition coefficient (Wildman–Crippen LogP) is 2.94. The average Bonchev–Trinajstić information content (AvgIpc) is 2.96. The SMILES string of the molecule is COc1ccc(C=CC(=O)Nc2cccc3c2ncn3C)cc1O. The number of aromatic nitrogens is 2. The van der Waals surface area contributed by atoms with Gasteiger partial charge in [0, 0.05) is 13.1 Å². The number of ether oxygens (including phenoxy) is 1. The smallest absolute Gasteiger partial charge is 0.248 e. The molecule has 1 aromatic heterocycles. The molecule has 3 aromatic rings. The first-order valence-corrected chi connectivity index (χ1v) is 7.34. The number of hydrogen-bond donors (Lipinski definition) is 2. The summed E-state index contributed by atoms with van der Waals surface area (Å²) in [5.74, 6) is 0.139. The van der Waals surface area contributed by atoms with Crippen LogP contribution in [0, 0.1) is 0 Å². The van der Waals surface area contributed by atoms with Crippen LogP contribution in [0.2, 0.25) is 0 Å². The van der Waals surface area contributed by atoms with Gasteiger partial charge in [-0.15, -0.1) is 0 Å². The maximum atomic E-state index is 12.1. The van der Waals surface area contributed by atoms with Crippen LogP contribution in [0.3, 0.4) is 0 Å². The molecule has 0 saturated carbocycles. The van der Waals surface area contributed by atoms with Gasteiger partial charge in [0.1, 0.15) is 5.52 Å². The van der Waals surface area contributed by atoms with Crippen molar-refractivity contribution < 1.29 is 14.6 Å². The Kier molecular flexibility index (Phi) is 4.20. The second-order valence-corrected chi connectivity index (χ2v) is 5.28. The van der Waals surface area contributed by atoms with Crippen LogP contribution in [0.1, 0.15) is 5.56 Å². The largest absolute Gasteiger partial charge is 0.504 e. The fourth-order valence-electron chi connectivity index (χ4n) is 2.42. The molecule has 1 amide bonds. The molecular formula is C18H17N3O3. The Bertz CT molecular complexity index is 928.